The van der Waals surface area contributed by atoms with E-state index in [9.17, 15) is 0 Å². The third kappa shape index (κ3) is 4.25. The molecule has 0 spiro atoms. The van der Waals surface area contributed by atoms with Gasteiger partial charge in [0.05, 0.1) is 29.1 Å². The van der Waals surface area contributed by atoms with Gasteiger partial charge >= 0.3 is 0 Å². The summed E-state index contributed by atoms with van der Waals surface area (Å²) in [5.41, 5.74) is 9.94. The monoisotopic (exact) mass is 579 g/mol. The van der Waals surface area contributed by atoms with Gasteiger partial charge < -0.3 is 13.4 Å². The predicted molar refractivity (Wildman–Crippen MR) is 180 cm³/mol. The van der Waals surface area contributed by atoms with Gasteiger partial charge in [-0.25, -0.2) is 9.97 Å². The van der Waals surface area contributed by atoms with Crippen LogP contribution in [0.25, 0.3) is 83.4 Å². The maximum Gasteiger partial charge on any atom is 0.225 e. The molecule has 3 aromatic heterocycles. The quantitative estimate of drug-likeness (QED) is 0.204. The van der Waals surface area contributed by atoms with Gasteiger partial charge in [-0.3, -0.25) is 0 Å². The van der Waals surface area contributed by atoms with E-state index in [0.29, 0.717) is 11.8 Å². The second-order valence-corrected chi connectivity index (χ2v) is 11.1. The average molecular weight is 580 g/mol. The number of benzene rings is 6. The lowest BCUT2D eigenvalue weighted by molar-refractivity contribution is 0.574. The Morgan fingerprint density at radius 3 is 1.44 bits per heavy atom. The fourth-order valence-corrected chi connectivity index (χ4v) is 6.38. The molecule has 9 rings (SSSR count). The standard InChI is InChI=1S/C40H25N3O2/c1-2-6-33-28(4-1)5-3-7-36(33)43-37-24-31(26-8-12-29(13-9-26)39-41-20-22-44-39)16-18-34(37)35-19-17-32(25-38(35)43)27-10-14-30(15-11-27)40-42-21-23-45-40/h1-25H. The Hall–Kier alpha value is -6.20. The van der Waals surface area contributed by atoms with Crippen molar-refractivity contribution in [2.75, 3.05) is 0 Å². The Kier molecular flexibility index (Phi) is 5.74. The summed E-state index contributed by atoms with van der Waals surface area (Å²) >= 11 is 0. The summed E-state index contributed by atoms with van der Waals surface area (Å²) < 4.78 is 13.4. The highest BCUT2D eigenvalue weighted by Crippen LogP contribution is 2.39. The molecule has 9 aromatic rings. The zero-order valence-corrected chi connectivity index (χ0v) is 24.1. The highest BCUT2D eigenvalue weighted by molar-refractivity contribution is 6.12. The van der Waals surface area contributed by atoms with E-state index in [1.165, 1.54) is 21.5 Å². The van der Waals surface area contributed by atoms with E-state index < -0.39 is 0 Å². The summed E-state index contributed by atoms with van der Waals surface area (Å²) in [5.74, 6) is 1.24. The summed E-state index contributed by atoms with van der Waals surface area (Å²) in [4.78, 5) is 8.58. The molecule has 0 aliphatic carbocycles. The van der Waals surface area contributed by atoms with Crippen molar-refractivity contribution in [1.29, 1.82) is 0 Å². The van der Waals surface area contributed by atoms with Gasteiger partial charge in [0.2, 0.25) is 11.8 Å². The van der Waals surface area contributed by atoms with Gasteiger partial charge in [-0.05, 0) is 70.1 Å². The second-order valence-electron chi connectivity index (χ2n) is 11.1. The Morgan fingerprint density at radius 1 is 0.422 bits per heavy atom. The molecule has 0 saturated heterocycles. The van der Waals surface area contributed by atoms with Crippen LogP contribution in [0.15, 0.2) is 161 Å². The van der Waals surface area contributed by atoms with E-state index in [1.807, 2.05) is 0 Å². The molecule has 0 unspecified atom stereocenters. The molecule has 0 radical (unpaired) electrons. The first-order valence-electron chi connectivity index (χ1n) is 14.9. The number of rotatable bonds is 5. The third-order valence-electron chi connectivity index (χ3n) is 8.57. The van der Waals surface area contributed by atoms with Crippen molar-refractivity contribution in [3.63, 3.8) is 0 Å². The fraction of sp³-hybridized carbons (Fsp3) is 0. The van der Waals surface area contributed by atoms with Crippen molar-refractivity contribution in [2.24, 2.45) is 0 Å². The zero-order valence-electron chi connectivity index (χ0n) is 24.1. The molecule has 0 atom stereocenters. The highest BCUT2D eigenvalue weighted by atomic mass is 16.3. The molecular formula is C40H25N3O2. The lowest BCUT2D eigenvalue weighted by Gasteiger charge is -2.13. The second kappa shape index (κ2) is 10.2. The van der Waals surface area contributed by atoms with E-state index in [-0.39, 0.29) is 0 Å². The number of fused-ring (bicyclic) bond motifs is 4. The predicted octanol–water partition coefficient (Wildman–Crippen LogP) is 10.6. The molecule has 5 nitrogen and oxygen atoms in total. The molecule has 0 fully saturated rings. The Balaban J connectivity index is 1.24. The van der Waals surface area contributed by atoms with Crippen LogP contribution < -0.4 is 0 Å². The van der Waals surface area contributed by atoms with Crippen molar-refractivity contribution >= 4 is 32.6 Å². The summed E-state index contributed by atoms with van der Waals surface area (Å²) in [6, 6.07) is 45.4. The summed E-state index contributed by atoms with van der Waals surface area (Å²) in [6.07, 6.45) is 6.54. The Morgan fingerprint density at radius 2 is 0.911 bits per heavy atom. The van der Waals surface area contributed by atoms with Gasteiger partial charge in [0, 0.05) is 27.3 Å². The van der Waals surface area contributed by atoms with Crippen LogP contribution in [-0.4, -0.2) is 14.5 Å². The van der Waals surface area contributed by atoms with Crippen LogP contribution in [0.4, 0.5) is 0 Å². The topological polar surface area (TPSA) is 57.0 Å². The number of nitrogens with zero attached hydrogens (tertiary/aromatic N) is 3. The largest absolute Gasteiger partial charge is 0.445 e. The smallest absolute Gasteiger partial charge is 0.225 e. The van der Waals surface area contributed by atoms with Crippen LogP contribution >= 0.6 is 0 Å². The molecule has 0 N–H and O–H groups in total. The Bertz CT molecular complexity index is 2310. The van der Waals surface area contributed by atoms with Crippen LogP contribution in [0.1, 0.15) is 0 Å². The minimum absolute atomic E-state index is 0.621. The van der Waals surface area contributed by atoms with Crippen LogP contribution in [0.3, 0.4) is 0 Å². The van der Waals surface area contributed by atoms with E-state index in [2.05, 4.69) is 142 Å². The summed E-state index contributed by atoms with van der Waals surface area (Å²) in [5, 5.41) is 4.84. The normalized spacial score (nSPS) is 11.6. The third-order valence-corrected chi connectivity index (χ3v) is 8.57. The number of hydrogen-bond acceptors (Lipinski definition) is 4. The number of hydrogen-bond donors (Lipinski definition) is 0. The van der Waals surface area contributed by atoms with E-state index in [1.54, 1.807) is 24.9 Å². The van der Waals surface area contributed by atoms with Gasteiger partial charge in [-0.2, -0.15) is 0 Å². The zero-order chi connectivity index (χ0) is 29.7. The van der Waals surface area contributed by atoms with Crippen molar-refractivity contribution in [2.45, 2.75) is 0 Å². The van der Waals surface area contributed by atoms with Gasteiger partial charge in [0.15, 0.2) is 0 Å². The molecular weight excluding hydrogens is 554 g/mol. The molecule has 3 heterocycles. The maximum absolute atomic E-state index is 5.50. The van der Waals surface area contributed by atoms with Gasteiger partial charge in [-0.1, -0.05) is 84.9 Å². The van der Waals surface area contributed by atoms with E-state index in [0.717, 1.165) is 50.1 Å². The molecule has 212 valence electrons. The van der Waals surface area contributed by atoms with Crippen LogP contribution in [0, 0.1) is 0 Å². The molecule has 0 amide bonds. The van der Waals surface area contributed by atoms with Crippen molar-refractivity contribution in [3.05, 3.63) is 152 Å². The van der Waals surface area contributed by atoms with Crippen LogP contribution in [0.5, 0.6) is 0 Å². The first-order chi connectivity index (χ1) is 22.3. The lowest BCUT2D eigenvalue weighted by Crippen LogP contribution is -1.95. The lowest BCUT2D eigenvalue weighted by atomic mass is 10.0. The van der Waals surface area contributed by atoms with Gasteiger partial charge in [0.25, 0.3) is 0 Å². The summed E-state index contributed by atoms with van der Waals surface area (Å²) in [6.45, 7) is 0. The molecule has 5 heteroatoms. The van der Waals surface area contributed by atoms with E-state index in [4.69, 9.17) is 8.83 Å². The molecule has 0 aliphatic heterocycles. The van der Waals surface area contributed by atoms with E-state index >= 15 is 0 Å². The van der Waals surface area contributed by atoms with Crippen LogP contribution in [-0.2, 0) is 0 Å². The molecule has 45 heavy (non-hydrogen) atoms. The van der Waals surface area contributed by atoms with Crippen molar-refractivity contribution in [1.82, 2.24) is 14.5 Å². The fourth-order valence-electron chi connectivity index (χ4n) is 6.38. The van der Waals surface area contributed by atoms with Crippen molar-refractivity contribution < 1.29 is 8.83 Å². The van der Waals surface area contributed by atoms with Gasteiger partial charge in [0.1, 0.15) is 12.5 Å². The first kappa shape index (κ1) is 25.3. The molecule has 0 saturated carbocycles. The number of oxazole rings is 2. The van der Waals surface area contributed by atoms with Crippen LogP contribution in [0.2, 0.25) is 0 Å². The Labute approximate surface area is 258 Å². The minimum atomic E-state index is 0.621. The average Bonchev–Trinajstić information content (AvgIpc) is 3.89. The SMILES string of the molecule is c1ccc2c(-n3c4cc(-c5ccc(-c6ncco6)cc5)ccc4c4ccc(-c5ccc(-c6ncco6)cc5)cc43)cccc2c1. The van der Waals surface area contributed by atoms with Crippen molar-refractivity contribution in [3.8, 4) is 50.8 Å². The first-order valence-corrected chi connectivity index (χ1v) is 14.9. The highest BCUT2D eigenvalue weighted by Gasteiger charge is 2.17. The molecule has 6 aromatic carbocycles. The minimum Gasteiger partial charge on any atom is -0.445 e. The number of aromatic nitrogens is 3. The summed E-state index contributed by atoms with van der Waals surface area (Å²) in [7, 11) is 0. The van der Waals surface area contributed by atoms with Gasteiger partial charge in [-0.15, -0.1) is 0 Å². The molecule has 0 bridgehead atoms. The maximum atomic E-state index is 5.50. The molecule has 0 aliphatic rings.